The van der Waals surface area contributed by atoms with Crippen molar-refractivity contribution in [1.82, 2.24) is 5.32 Å². The van der Waals surface area contributed by atoms with E-state index < -0.39 is 9.84 Å². The summed E-state index contributed by atoms with van der Waals surface area (Å²) in [6, 6.07) is 9.45. The highest BCUT2D eigenvalue weighted by Gasteiger charge is 2.24. The number of thiophene rings is 1. The smallest absolute Gasteiger partial charge is 0.189 e. The average Bonchev–Trinajstić information content (AvgIpc) is 2.96. The minimum atomic E-state index is -3.26. The van der Waals surface area contributed by atoms with E-state index in [9.17, 15) is 8.42 Å². The van der Waals surface area contributed by atoms with Gasteiger partial charge in [-0.3, -0.25) is 0 Å². The lowest BCUT2D eigenvalue weighted by atomic mass is 10.00. The second-order valence-corrected chi connectivity index (χ2v) is 8.39. The van der Waals surface area contributed by atoms with Gasteiger partial charge in [0.1, 0.15) is 4.21 Å². The number of sulfone groups is 1. The van der Waals surface area contributed by atoms with E-state index in [1.807, 2.05) is 26.8 Å². The summed E-state index contributed by atoms with van der Waals surface area (Å²) in [5.41, 5.74) is 3.33. The van der Waals surface area contributed by atoms with E-state index in [0.717, 1.165) is 23.2 Å². The first-order valence-corrected chi connectivity index (χ1v) is 9.54. The molecule has 0 aliphatic rings. The summed E-state index contributed by atoms with van der Waals surface area (Å²) in [4.78, 5) is 0. The molecule has 1 heterocycles. The molecule has 0 radical (unpaired) electrons. The molecule has 5 heteroatoms. The molecule has 0 aliphatic heterocycles. The van der Waals surface area contributed by atoms with Crippen LogP contribution in [0.25, 0.3) is 0 Å². The molecule has 1 atom stereocenters. The summed E-state index contributed by atoms with van der Waals surface area (Å²) < 4.78 is 25.5. The first-order chi connectivity index (χ1) is 9.94. The van der Waals surface area contributed by atoms with E-state index in [1.54, 1.807) is 17.5 Å². The van der Waals surface area contributed by atoms with Crippen LogP contribution in [0.5, 0.6) is 0 Å². The van der Waals surface area contributed by atoms with Crippen LogP contribution >= 0.6 is 11.3 Å². The van der Waals surface area contributed by atoms with Gasteiger partial charge >= 0.3 is 0 Å². The predicted octanol–water partition coefficient (Wildman–Crippen LogP) is 3.49. The molecule has 0 bridgehead atoms. The van der Waals surface area contributed by atoms with Crippen molar-refractivity contribution in [2.24, 2.45) is 0 Å². The molecule has 3 nitrogen and oxygen atoms in total. The van der Waals surface area contributed by atoms with Gasteiger partial charge in [-0.2, -0.15) is 0 Å². The molecule has 0 amide bonds. The number of aryl methyl sites for hydroxylation is 2. The van der Waals surface area contributed by atoms with Crippen molar-refractivity contribution < 1.29 is 8.42 Å². The molecular formula is C16H21NO2S2. The third kappa shape index (κ3) is 3.93. The fourth-order valence-electron chi connectivity index (χ4n) is 2.38. The van der Waals surface area contributed by atoms with Crippen molar-refractivity contribution in [3.8, 4) is 0 Å². The summed E-state index contributed by atoms with van der Waals surface area (Å²) in [7, 11) is -3.26. The van der Waals surface area contributed by atoms with Crippen LogP contribution in [0.1, 0.15) is 29.7 Å². The molecule has 0 spiro atoms. The number of hydrogen-bond donors (Lipinski definition) is 1. The topological polar surface area (TPSA) is 46.2 Å². The lowest BCUT2D eigenvalue weighted by Crippen LogP contribution is -2.28. The van der Waals surface area contributed by atoms with Gasteiger partial charge in [0.2, 0.25) is 0 Å². The zero-order chi connectivity index (χ0) is 15.5. The highest BCUT2D eigenvalue weighted by Crippen LogP contribution is 2.25. The zero-order valence-corrected chi connectivity index (χ0v) is 14.2. The monoisotopic (exact) mass is 323 g/mol. The van der Waals surface area contributed by atoms with Crippen LogP contribution in [0, 0.1) is 13.8 Å². The van der Waals surface area contributed by atoms with Gasteiger partial charge < -0.3 is 5.32 Å². The zero-order valence-electron chi connectivity index (χ0n) is 12.6. The summed E-state index contributed by atoms with van der Waals surface area (Å²) >= 11 is 1.28. The highest BCUT2D eigenvalue weighted by molar-refractivity contribution is 7.93. The molecule has 1 aromatic carbocycles. The Hall–Kier alpha value is -1.17. The Labute approximate surface area is 130 Å². The largest absolute Gasteiger partial charge is 0.309 e. The van der Waals surface area contributed by atoms with Crippen LogP contribution < -0.4 is 5.32 Å². The normalized spacial score (nSPS) is 13.3. The second kappa shape index (κ2) is 6.73. The van der Waals surface area contributed by atoms with Crippen molar-refractivity contribution in [2.45, 2.75) is 31.0 Å². The number of rotatable bonds is 6. The van der Waals surface area contributed by atoms with E-state index in [1.165, 1.54) is 11.3 Å². The number of benzene rings is 1. The van der Waals surface area contributed by atoms with Crippen molar-refractivity contribution in [3.63, 3.8) is 0 Å². The summed E-state index contributed by atoms with van der Waals surface area (Å²) in [5, 5.41) is 5.11. The van der Waals surface area contributed by atoms with Crippen LogP contribution in [0.2, 0.25) is 0 Å². The van der Waals surface area contributed by atoms with Crippen molar-refractivity contribution in [2.75, 3.05) is 12.3 Å². The van der Waals surface area contributed by atoms with E-state index in [4.69, 9.17) is 0 Å². The number of nitrogens with one attached hydrogen (secondary N) is 1. The van der Waals surface area contributed by atoms with E-state index in [-0.39, 0.29) is 11.8 Å². The van der Waals surface area contributed by atoms with Crippen molar-refractivity contribution >= 4 is 21.2 Å². The fraction of sp³-hybridized carbons (Fsp3) is 0.375. The minimum absolute atomic E-state index is 0.0889. The quantitative estimate of drug-likeness (QED) is 0.885. The van der Waals surface area contributed by atoms with Crippen molar-refractivity contribution in [3.05, 3.63) is 52.4 Å². The van der Waals surface area contributed by atoms with Gasteiger partial charge in [-0.05, 0) is 43.0 Å². The summed E-state index contributed by atoms with van der Waals surface area (Å²) in [5.74, 6) is 0.0889. The molecule has 114 valence electrons. The lowest BCUT2D eigenvalue weighted by molar-refractivity contribution is 0.559. The van der Waals surface area contributed by atoms with Crippen LogP contribution in [0.4, 0.5) is 0 Å². The SMILES string of the molecule is CCNC(CS(=O)(=O)c1cccs1)c1cc(C)ccc1C. The maximum atomic E-state index is 12.5. The molecule has 0 saturated heterocycles. The highest BCUT2D eigenvalue weighted by atomic mass is 32.2. The van der Waals surface area contributed by atoms with E-state index in [2.05, 4.69) is 17.4 Å². The average molecular weight is 323 g/mol. The first-order valence-electron chi connectivity index (χ1n) is 7.01. The molecule has 1 aromatic heterocycles. The third-order valence-corrected chi connectivity index (χ3v) is 6.68. The molecule has 0 saturated carbocycles. The predicted molar refractivity (Wildman–Crippen MR) is 88.7 cm³/mol. The Balaban J connectivity index is 2.34. The maximum absolute atomic E-state index is 12.5. The van der Waals surface area contributed by atoms with Crippen LogP contribution in [-0.4, -0.2) is 20.7 Å². The molecule has 1 N–H and O–H groups in total. The molecule has 2 rings (SSSR count). The Bertz CT molecular complexity index is 691. The van der Waals surface area contributed by atoms with Crippen LogP contribution in [0.15, 0.2) is 39.9 Å². The Morgan fingerprint density at radius 1 is 1.24 bits per heavy atom. The fourth-order valence-corrected chi connectivity index (χ4v) is 4.97. The maximum Gasteiger partial charge on any atom is 0.189 e. The van der Waals surface area contributed by atoms with Crippen LogP contribution in [-0.2, 0) is 9.84 Å². The molecule has 21 heavy (non-hydrogen) atoms. The van der Waals surface area contributed by atoms with Gasteiger partial charge in [0.15, 0.2) is 9.84 Å². The summed E-state index contributed by atoms with van der Waals surface area (Å²) in [6.07, 6.45) is 0. The molecule has 1 unspecified atom stereocenters. The lowest BCUT2D eigenvalue weighted by Gasteiger charge is -2.20. The molecule has 0 fully saturated rings. The van der Waals surface area contributed by atoms with Gasteiger partial charge in [0, 0.05) is 6.04 Å². The van der Waals surface area contributed by atoms with Crippen LogP contribution in [0.3, 0.4) is 0 Å². The first kappa shape index (κ1) is 16.2. The van der Waals surface area contributed by atoms with Gasteiger partial charge in [0.25, 0.3) is 0 Å². The standard InChI is InChI=1S/C16H21NO2S2/c1-4-17-15(14-10-12(2)7-8-13(14)3)11-21(18,19)16-6-5-9-20-16/h5-10,15,17H,4,11H2,1-3H3. The van der Waals surface area contributed by atoms with Gasteiger partial charge in [0.05, 0.1) is 5.75 Å². The molecule has 0 aliphatic carbocycles. The van der Waals surface area contributed by atoms with Gasteiger partial charge in [-0.15, -0.1) is 11.3 Å². The Morgan fingerprint density at radius 3 is 2.62 bits per heavy atom. The second-order valence-electron chi connectivity index (χ2n) is 5.18. The minimum Gasteiger partial charge on any atom is -0.309 e. The Kier molecular flexibility index (Phi) is 5.19. The molecular weight excluding hydrogens is 302 g/mol. The van der Waals surface area contributed by atoms with E-state index >= 15 is 0 Å². The number of hydrogen-bond acceptors (Lipinski definition) is 4. The van der Waals surface area contributed by atoms with Gasteiger partial charge in [-0.25, -0.2) is 8.42 Å². The summed E-state index contributed by atoms with van der Waals surface area (Å²) in [6.45, 7) is 6.78. The Morgan fingerprint density at radius 2 is 2.00 bits per heavy atom. The van der Waals surface area contributed by atoms with Crippen molar-refractivity contribution in [1.29, 1.82) is 0 Å². The third-order valence-electron chi connectivity index (χ3n) is 3.45. The van der Waals surface area contributed by atoms with E-state index in [0.29, 0.717) is 4.21 Å². The molecule has 2 aromatic rings. The van der Waals surface area contributed by atoms with Gasteiger partial charge in [-0.1, -0.05) is 36.8 Å².